The Kier molecular flexibility index (Phi) is 3.95. The molecule has 2 aliphatic carbocycles. The van der Waals surface area contributed by atoms with Crippen molar-refractivity contribution < 1.29 is 33.3 Å². The normalized spacial score (nSPS) is 54.0. The molecular formula is C24H34O7. The lowest BCUT2D eigenvalue weighted by Crippen LogP contribution is -2.89. The van der Waals surface area contributed by atoms with Crippen LogP contribution in [0.3, 0.4) is 0 Å². The molecule has 3 saturated heterocycles. The number of hydrogen-bond acceptors (Lipinski definition) is 7. The third-order valence-electron chi connectivity index (χ3n) is 8.90. The van der Waals surface area contributed by atoms with Gasteiger partial charge in [-0.3, -0.25) is 4.79 Å². The van der Waals surface area contributed by atoms with E-state index in [1.165, 1.54) is 0 Å². The minimum absolute atomic E-state index is 0.0587. The summed E-state index contributed by atoms with van der Waals surface area (Å²) in [5, 5.41) is 0. The van der Waals surface area contributed by atoms with Crippen LogP contribution in [0.4, 0.5) is 4.79 Å². The van der Waals surface area contributed by atoms with Crippen LogP contribution in [0.5, 0.6) is 0 Å². The van der Waals surface area contributed by atoms with Gasteiger partial charge >= 0.3 is 6.16 Å². The molecule has 5 rings (SSSR count). The smallest absolute Gasteiger partial charge is 0.427 e. The third kappa shape index (κ3) is 2.30. The highest BCUT2D eigenvalue weighted by Crippen LogP contribution is 2.72. The van der Waals surface area contributed by atoms with E-state index in [1.807, 2.05) is 27.7 Å². The zero-order valence-corrected chi connectivity index (χ0v) is 19.6. The maximum absolute atomic E-state index is 14.3. The summed E-state index contributed by atoms with van der Waals surface area (Å²) >= 11 is 0. The molecule has 7 nitrogen and oxygen atoms in total. The maximum Gasteiger partial charge on any atom is 0.509 e. The van der Waals surface area contributed by atoms with Crippen LogP contribution < -0.4 is 0 Å². The second kappa shape index (κ2) is 5.72. The summed E-state index contributed by atoms with van der Waals surface area (Å²) in [7, 11) is 0. The molecule has 1 spiro atoms. The summed E-state index contributed by atoms with van der Waals surface area (Å²) in [6.07, 6.45) is 1.10. The molecule has 0 amide bonds. The van der Waals surface area contributed by atoms with Crippen molar-refractivity contribution in [3.8, 4) is 0 Å². The molecule has 31 heavy (non-hydrogen) atoms. The third-order valence-corrected chi connectivity index (χ3v) is 8.90. The minimum atomic E-state index is -1.37. The lowest BCUT2D eigenvalue weighted by Gasteiger charge is -2.74. The van der Waals surface area contributed by atoms with E-state index in [-0.39, 0.29) is 29.6 Å². The molecule has 5 aliphatic rings. The zero-order valence-electron chi connectivity index (χ0n) is 19.6. The molecule has 172 valence electrons. The van der Waals surface area contributed by atoms with E-state index in [2.05, 4.69) is 27.4 Å². The molecule has 0 radical (unpaired) electrons. The van der Waals surface area contributed by atoms with Gasteiger partial charge in [0.1, 0.15) is 11.7 Å². The second-order valence-corrected chi connectivity index (χ2v) is 11.8. The summed E-state index contributed by atoms with van der Waals surface area (Å²) in [6.45, 7) is 17.7. The van der Waals surface area contributed by atoms with Crippen LogP contribution in [0.15, 0.2) is 12.7 Å². The summed E-state index contributed by atoms with van der Waals surface area (Å²) < 4.78 is 31.5. The first-order chi connectivity index (χ1) is 14.2. The highest BCUT2D eigenvalue weighted by molar-refractivity contribution is 5.93. The molecule has 7 heteroatoms. The summed E-state index contributed by atoms with van der Waals surface area (Å²) in [4.78, 5) is 26.7. The fraction of sp³-hybridized carbons (Fsp3) is 0.833. The Morgan fingerprint density at radius 2 is 1.68 bits per heavy atom. The Balaban J connectivity index is 1.84. The van der Waals surface area contributed by atoms with Gasteiger partial charge in [0, 0.05) is 17.8 Å². The van der Waals surface area contributed by atoms with Crippen LogP contribution in [-0.4, -0.2) is 52.8 Å². The number of hydrogen-bond donors (Lipinski definition) is 0. The first-order valence-electron chi connectivity index (χ1n) is 11.3. The first-order valence-corrected chi connectivity index (χ1v) is 11.3. The molecule has 3 heterocycles. The number of ketones is 1. The van der Waals surface area contributed by atoms with Crippen LogP contribution in [-0.2, 0) is 28.5 Å². The van der Waals surface area contributed by atoms with Gasteiger partial charge < -0.3 is 23.7 Å². The van der Waals surface area contributed by atoms with Crippen molar-refractivity contribution in [1.82, 2.24) is 0 Å². The van der Waals surface area contributed by atoms with Gasteiger partial charge in [0.05, 0.1) is 11.7 Å². The molecule has 8 atom stereocenters. The predicted molar refractivity (Wildman–Crippen MR) is 110 cm³/mol. The van der Waals surface area contributed by atoms with Gasteiger partial charge in [-0.15, -0.1) is 6.58 Å². The lowest BCUT2D eigenvalue weighted by atomic mass is 9.39. The van der Waals surface area contributed by atoms with Crippen LogP contribution in [0.25, 0.3) is 0 Å². The molecule has 0 aromatic carbocycles. The largest absolute Gasteiger partial charge is 0.509 e. The lowest BCUT2D eigenvalue weighted by molar-refractivity contribution is -0.457. The Morgan fingerprint density at radius 3 is 2.32 bits per heavy atom. The van der Waals surface area contributed by atoms with E-state index >= 15 is 0 Å². The Morgan fingerprint density at radius 1 is 1.00 bits per heavy atom. The number of fused-ring (bicyclic) bond motifs is 3. The molecule has 0 aromatic rings. The van der Waals surface area contributed by atoms with Gasteiger partial charge in [0.2, 0.25) is 0 Å². The van der Waals surface area contributed by atoms with Crippen molar-refractivity contribution in [2.45, 2.75) is 109 Å². The number of carbonyl (C=O) groups excluding carboxylic acids is 2. The molecule has 0 unspecified atom stereocenters. The van der Waals surface area contributed by atoms with Gasteiger partial charge in [-0.2, -0.15) is 0 Å². The number of Topliss-reactive ketones (excluding diaryl/α,β-unsaturated/α-hetero) is 1. The van der Waals surface area contributed by atoms with Crippen molar-refractivity contribution in [3.63, 3.8) is 0 Å². The van der Waals surface area contributed by atoms with Crippen molar-refractivity contribution in [1.29, 1.82) is 0 Å². The number of carbonyl (C=O) groups is 2. The van der Waals surface area contributed by atoms with Gasteiger partial charge in [0.25, 0.3) is 0 Å². The molecule has 2 saturated carbocycles. The van der Waals surface area contributed by atoms with Crippen molar-refractivity contribution in [2.75, 3.05) is 0 Å². The van der Waals surface area contributed by atoms with Crippen LogP contribution in [0.2, 0.25) is 0 Å². The van der Waals surface area contributed by atoms with Gasteiger partial charge in [-0.25, -0.2) is 4.79 Å². The summed E-state index contributed by atoms with van der Waals surface area (Å²) in [5.41, 5.74) is -4.57. The first kappa shape index (κ1) is 21.4. The zero-order chi connectivity index (χ0) is 22.8. The van der Waals surface area contributed by atoms with E-state index in [0.29, 0.717) is 0 Å². The SMILES string of the molecule is C=C[C@@]1(C)CC(=O)[C@@]23OC(C)(C)O[C@H]4CCC(C)(C)[C@H]([C@@H]5OC(=O)O[C@@H]5[C@@]2(C)O1)[C@]43C. The number of rotatable bonds is 1. The molecule has 0 N–H and O–H groups in total. The molecule has 3 aliphatic heterocycles. The van der Waals surface area contributed by atoms with E-state index in [9.17, 15) is 9.59 Å². The molecular weight excluding hydrogens is 400 g/mol. The Hall–Kier alpha value is -1.44. The van der Waals surface area contributed by atoms with Gasteiger partial charge in [-0.05, 0) is 46.0 Å². The van der Waals surface area contributed by atoms with Gasteiger partial charge in [-0.1, -0.05) is 26.8 Å². The van der Waals surface area contributed by atoms with Crippen LogP contribution in [0, 0.1) is 16.7 Å². The van der Waals surface area contributed by atoms with Crippen LogP contribution in [0.1, 0.15) is 67.7 Å². The maximum atomic E-state index is 14.3. The van der Waals surface area contributed by atoms with Crippen molar-refractivity contribution >= 4 is 11.9 Å². The van der Waals surface area contributed by atoms with E-state index in [0.717, 1.165) is 12.8 Å². The predicted octanol–water partition coefficient (Wildman–Crippen LogP) is 3.93. The van der Waals surface area contributed by atoms with Crippen LogP contribution >= 0.6 is 0 Å². The average molecular weight is 435 g/mol. The molecule has 0 aromatic heterocycles. The highest BCUT2D eigenvalue weighted by atomic mass is 16.8. The van der Waals surface area contributed by atoms with Crippen molar-refractivity contribution in [3.05, 3.63) is 12.7 Å². The van der Waals surface area contributed by atoms with E-state index in [4.69, 9.17) is 23.7 Å². The van der Waals surface area contributed by atoms with E-state index < -0.39 is 46.4 Å². The highest BCUT2D eigenvalue weighted by Gasteiger charge is 2.86. The molecule has 5 fully saturated rings. The molecule has 0 bridgehead atoms. The summed E-state index contributed by atoms with van der Waals surface area (Å²) in [5.74, 6) is -1.27. The van der Waals surface area contributed by atoms with Gasteiger partial charge in [0.15, 0.2) is 23.3 Å². The standard InChI is InChI=1S/C24H34O7/c1-9-21(6)12-13(25)24-22(7)14(29-20(4,5)30-24)10-11-19(2,3)16(22)15-17(23(24,8)31-21)28-18(26)27-15/h9,14-17H,1,10-12H2,2-8H3/t14-,15-,16-,17-,21-,22-,23+,24-/m0/s1. The fourth-order valence-corrected chi connectivity index (χ4v) is 7.95. The second-order valence-electron chi connectivity index (χ2n) is 11.8. The quantitative estimate of drug-likeness (QED) is 0.457. The fourth-order valence-electron chi connectivity index (χ4n) is 7.95. The topological polar surface area (TPSA) is 80.3 Å². The monoisotopic (exact) mass is 434 g/mol. The van der Waals surface area contributed by atoms with Crippen molar-refractivity contribution in [2.24, 2.45) is 16.7 Å². The van der Waals surface area contributed by atoms with E-state index in [1.54, 1.807) is 6.08 Å². The average Bonchev–Trinajstić information content (AvgIpc) is 3.01. The Labute approximate surface area is 183 Å². The Bertz CT molecular complexity index is 879. The minimum Gasteiger partial charge on any atom is -0.427 e. The number of ether oxygens (including phenoxy) is 5. The summed E-state index contributed by atoms with van der Waals surface area (Å²) in [6, 6.07) is 0.